The molecule has 96 valence electrons. The fraction of sp³-hybridized carbons (Fsp3) is 0.400. The highest BCUT2D eigenvalue weighted by molar-refractivity contribution is 9.09. The van der Waals surface area contributed by atoms with Crippen LogP contribution < -0.4 is 0 Å². The number of halogens is 1. The first-order chi connectivity index (χ1) is 8.67. The highest BCUT2D eigenvalue weighted by Crippen LogP contribution is 2.16. The number of aryl methyl sites for hydroxylation is 2. The van der Waals surface area contributed by atoms with Crippen LogP contribution in [0, 0.1) is 12.8 Å². The zero-order chi connectivity index (χ0) is 13.0. The van der Waals surface area contributed by atoms with Crippen LogP contribution in [0.2, 0.25) is 0 Å². The van der Waals surface area contributed by atoms with Gasteiger partial charge in [0.1, 0.15) is 0 Å². The highest BCUT2D eigenvalue weighted by atomic mass is 79.9. The molecule has 1 unspecified atom stereocenters. The molecule has 3 heteroatoms. The topological polar surface area (TPSA) is 17.8 Å². The molecule has 0 aliphatic carbocycles. The molecule has 0 fully saturated rings. The van der Waals surface area contributed by atoms with Crippen molar-refractivity contribution in [3.05, 3.63) is 53.3 Å². The summed E-state index contributed by atoms with van der Waals surface area (Å²) in [6, 6.07) is 10.9. The van der Waals surface area contributed by atoms with E-state index in [-0.39, 0.29) is 0 Å². The van der Waals surface area contributed by atoms with E-state index in [1.54, 1.807) is 0 Å². The number of hydrogen-bond donors (Lipinski definition) is 0. The maximum Gasteiger partial charge on any atom is 0.0627 e. The van der Waals surface area contributed by atoms with Gasteiger partial charge in [-0.1, -0.05) is 45.8 Å². The first-order valence-corrected chi connectivity index (χ1v) is 7.39. The first-order valence-electron chi connectivity index (χ1n) is 6.27. The Balaban J connectivity index is 2.01. The van der Waals surface area contributed by atoms with Crippen molar-refractivity contribution in [1.82, 2.24) is 9.78 Å². The Morgan fingerprint density at radius 2 is 2.11 bits per heavy atom. The van der Waals surface area contributed by atoms with E-state index in [0.717, 1.165) is 18.2 Å². The molecule has 1 heterocycles. The lowest BCUT2D eigenvalue weighted by molar-refractivity contribution is 0.574. The van der Waals surface area contributed by atoms with Crippen molar-refractivity contribution < 1.29 is 0 Å². The monoisotopic (exact) mass is 306 g/mol. The van der Waals surface area contributed by atoms with Gasteiger partial charge >= 0.3 is 0 Å². The number of aromatic nitrogens is 2. The van der Waals surface area contributed by atoms with Crippen molar-refractivity contribution in [3.8, 4) is 0 Å². The number of rotatable bonds is 5. The first kappa shape index (κ1) is 13.3. The molecule has 0 aliphatic rings. The lowest BCUT2D eigenvalue weighted by atomic mass is 9.96. The summed E-state index contributed by atoms with van der Waals surface area (Å²) in [6.07, 6.45) is 4.14. The van der Waals surface area contributed by atoms with E-state index in [4.69, 9.17) is 0 Å². The number of hydrogen-bond acceptors (Lipinski definition) is 1. The Bertz CT molecular complexity index is 505. The Hall–Kier alpha value is -1.09. The van der Waals surface area contributed by atoms with Crippen molar-refractivity contribution in [2.45, 2.75) is 19.8 Å². The van der Waals surface area contributed by atoms with Crippen molar-refractivity contribution in [3.63, 3.8) is 0 Å². The van der Waals surface area contributed by atoms with Crippen LogP contribution in [0.4, 0.5) is 0 Å². The van der Waals surface area contributed by atoms with Gasteiger partial charge in [0, 0.05) is 18.6 Å². The fourth-order valence-electron chi connectivity index (χ4n) is 2.22. The molecule has 0 radical (unpaired) electrons. The summed E-state index contributed by atoms with van der Waals surface area (Å²) in [5.41, 5.74) is 3.92. The van der Waals surface area contributed by atoms with Gasteiger partial charge in [-0.15, -0.1) is 0 Å². The summed E-state index contributed by atoms with van der Waals surface area (Å²) in [5, 5.41) is 5.46. The zero-order valence-corrected chi connectivity index (χ0v) is 12.5. The van der Waals surface area contributed by atoms with Crippen LogP contribution in [0.25, 0.3) is 0 Å². The van der Waals surface area contributed by atoms with E-state index in [1.165, 1.54) is 16.8 Å². The molecule has 2 nitrogen and oxygen atoms in total. The van der Waals surface area contributed by atoms with E-state index in [9.17, 15) is 0 Å². The minimum Gasteiger partial charge on any atom is -0.276 e. The summed E-state index contributed by atoms with van der Waals surface area (Å²) >= 11 is 3.62. The maximum absolute atomic E-state index is 4.45. The van der Waals surface area contributed by atoms with E-state index < -0.39 is 0 Å². The molecule has 0 saturated heterocycles. The van der Waals surface area contributed by atoms with Gasteiger partial charge in [0.2, 0.25) is 0 Å². The van der Waals surface area contributed by atoms with E-state index in [2.05, 4.69) is 58.3 Å². The summed E-state index contributed by atoms with van der Waals surface area (Å²) in [7, 11) is 1.97. The van der Waals surface area contributed by atoms with E-state index >= 15 is 0 Å². The fourth-order valence-corrected chi connectivity index (χ4v) is 2.68. The van der Waals surface area contributed by atoms with Gasteiger partial charge in [-0.2, -0.15) is 5.10 Å². The number of alkyl halides is 1. The largest absolute Gasteiger partial charge is 0.276 e. The Labute approximate surface area is 117 Å². The predicted molar refractivity (Wildman–Crippen MR) is 79.1 cm³/mol. The minimum atomic E-state index is 0.599. The van der Waals surface area contributed by atoms with Gasteiger partial charge in [0.05, 0.1) is 5.69 Å². The molecule has 1 aromatic carbocycles. The van der Waals surface area contributed by atoms with Crippen molar-refractivity contribution in [1.29, 1.82) is 0 Å². The van der Waals surface area contributed by atoms with Crippen LogP contribution in [-0.4, -0.2) is 15.1 Å². The van der Waals surface area contributed by atoms with Crippen molar-refractivity contribution in [2.24, 2.45) is 13.0 Å². The van der Waals surface area contributed by atoms with Gasteiger partial charge in [-0.25, -0.2) is 0 Å². The van der Waals surface area contributed by atoms with Crippen molar-refractivity contribution in [2.75, 3.05) is 5.33 Å². The second kappa shape index (κ2) is 6.19. The average Bonchev–Trinajstić information content (AvgIpc) is 2.74. The smallest absolute Gasteiger partial charge is 0.0627 e. The number of benzene rings is 1. The zero-order valence-electron chi connectivity index (χ0n) is 10.9. The van der Waals surface area contributed by atoms with Crippen LogP contribution in [-0.2, 0) is 19.9 Å². The van der Waals surface area contributed by atoms with Gasteiger partial charge in [-0.05, 0) is 37.3 Å². The van der Waals surface area contributed by atoms with Crippen LogP contribution in [0.5, 0.6) is 0 Å². The summed E-state index contributed by atoms with van der Waals surface area (Å²) < 4.78 is 1.87. The third kappa shape index (κ3) is 3.70. The Morgan fingerprint density at radius 3 is 2.72 bits per heavy atom. The normalized spacial score (nSPS) is 12.6. The highest BCUT2D eigenvalue weighted by Gasteiger charge is 2.11. The molecule has 0 aliphatic heterocycles. The van der Waals surface area contributed by atoms with Crippen LogP contribution in [0.1, 0.15) is 16.8 Å². The lowest BCUT2D eigenvalue weighted by Gasteiger charge is -2.13. The van der Waals surface area contributed by atoms with Crippen LogP contribution >= 0.6 is 15.9 Å². The van der Waals surface area contributed by atoms with Crippen LogP contribution in [0.3, 0.4) is 0 Å². The molecule has 0 amide bonds. The lowest BCUT2D eigenvalue weighted by Crippen LogP contribution is -2.10. The average molecular weight is 307 g/mol. The molecule has 2 rings (SSSR count). The quantitative estimate of drug-likeness (QED) is 0.773. The van der Waals surface area contributed by atoms with E-state index in [0.29, 0.717) is 5.92 Å². The SMILES string of the molecule is Cc1cccc(CC(CBr)Cc2ccn(C)n2)c1. The molecular formula is C15H19BrN2. The summed E-state index contributed by atoms with van der Waals surface area (Å²) in [5.74, 6) is 0.599. The van der Waals surface area contributed by atoms with Gasteiger partial charge in [-0.3, -0.25) is 4.68 Å². The third-order valence-electron chi connectivity index (χ3n) is 3.09. The molecule has 0 saturated carbocycles. The third-order valence-corrected chi connectivity index (χ3v) is 4.01. The molecule has 18 heavy (non-hydrogen) atoms. The van der Waals surface area contributed by atoms with Crippen molar-refractivity contribution >= 4 is 15.9 Å². The molecule has 2 aromatic rings. The van der Waals surface area contributed by atoms with Crippen LogP contribution in [0.15, 0.2) is 36.5 Å². The molecule has 1 aromatic heterocycles. The Morgan fingerprint density at radius 1 is 1.28 bits per heavy atom. The second-order valence-electron chi connectivity index (χ2n) is 4.90. The Kier molecular flexibility index (Phi) is 4.59. The summed E-state index contributed by atoms with van der Waals surface area (Å²) in [4.78, 5) is 0. The van der Waals surface area contributed by atoms with Gasteiger partial charge in [0.25, 0.3) is 0 Å². The second-order valence-corrected chi connectivity index (χ2v) is 5.55. The summed E-state index contributed by atoms with van der Waals surface area (Å²) in [6.45, 7) is 2.14. The number of nitrogens with zero attached hydrogens (tertiary/aromatic N) is 2. The maximum atomic E-state index is 4.45. The predicted octanol–water partition coefficient (Wildman–Crippen LogP) is 3.52. The van der Waals surface area contributed by atoms with Gasteiger partial charge < -0.3 is 0 Å². The standard InChI is InChI=1S/C15H19BrN2/c1-12-4-3-5-13(8-12)9-14(11-16)10-15-6-7-18(2)17-15/h3-8,14H,9-11H2,1-2H3. The molecular weight excluding hydrogens is 288 g/mol. The molecule has 0 spiro atoms. The van der Waals surface area contributed by atoms with Gasteiger partial charge in [0.15, 0.2) is 0 Å². The molecule has 1 atom stereocenters. The minimum absolute atomic E-state index is 0.599. The molecule has 0 bridgehead atoms. The van der Waals surface area contributed by atoms with E-state index in [1.807, 2.05) is 17.9 Å². The molecule has 0 N–H and O–H groups in total.